The Morgan fingerprint density at radius 1 is 1.27 bits per heavy atom. The molecule has 1 aliphatic carbocycles. The number of aryl methyl sites for hydroxylation is 1. The molecule has 1 aromatic carbocycles. The quantitative estimate of drug-likeness (QED) is 0.409. The number of anilines is 1. The number of carbonyl (C=O) groups excluding carboxylic acids is 2. The molecule has 8 nitrogen and oxygen atoms in total. The summed E-state index contributed by atoms with van der Waals surface area (Å²) in [6.07, 6.45) is 8.49. The summed E-state index contributed by atoms with van der Waals surface area (Å²) in [6.45, 7) is 6.69. The number of nitriles is 1. The molecular weight excluding hydrogens is 526 g/mol. The third-order valence-electron chi connectivity index (χ3n) is 7.62. The van der Waals surface area contributed by atoms with E-state index in [1.165, 1.54) is 6.20 Å². The van der Waals surface area contributed by atoms with E-state index >= 15 is 0 Å². The van der Waals surface area contributed by atoms with Crippen molar-refractivity contribution in [2.75, 3.05) is 11.9 Å². The van der Waals surface area contributed by atoms with Crippen LogP contribution in [0.15, 0.2) is 49.2 Å². The molecule has 0 unspecified atom stereocenters. The molecule has 2 heterocycles. The molecule has 3 atom stereocenters. The van der Waals surface area contributed by atoms with Crippen molar-refractivity contribution >= 4 is 23.3 Å². The van der Waals surface area contributed by atoms with E-state index < -0.39 is 36.7 Å². The standard InChI is InChI=1S/C31H36F2N6O2/c1-4-6-13-25(24-14-8-7-10-20(24)3)28-21(17-34)18-35-30(38-28)37-23-12-9-11-22(15-23)36-29(41)26-16-31(32,33)19-39(26)27(40)5-2/h5,7-8,10,13-14,18,22-23,26H,2,4,6,9,11-12,15-16,19H2,1,3H3,(H,36,41)(H,35,37,38)/b25-13+/t22-,23+,26-/m0/s1. The van der Waals surface area contributed by atoms with Crippen LogP contribution in [-0.2, 0) is 9.59 Å². The average molecular weight is 563 g/mol. The molecule has 2 fully saturated rings. The summed E-state index contributed by atoms with van der Waals surface area (Å²) in [5.41, 5.74) is 3.90. The zero-order chi connectivity index (χ0) is 29.6. The van der Waals surface area contributed by atoms with Crippen LogP contribution in [0.5, 0.6) is 0 Å². The zero-order valence-corrected chi connectivity index (χ0v) is 23.5. The van der Waals surface area contributed by atoms with Gasteiger partial charge < -0.3 is 15.5 Å². The third-order valence-corrected chi connectivity index (χ3v) is 7.62. The van der Waals surface area contributed by atoms with Crippen molar-refractivity contribution in [2.45, 2.75) is 82.8 Å². The fourth-order valence-electron chi connectivity index (χ4n) is 5.57. The van der Waals surface area contributed by atoms with Crippen molar-refractivity contribution < 1.29 is 18.4 Å². The van der Waals surface area contributed by atoms with E-state index in [0.29, 0.717) is 30.0 Å². The molecule has 1 saturated heterocycles. The van der Waals surface area contributed by atoms with Crippen LogP contribution in [-0.4, -0.2) is 57.3 Å². The van der Waals surface area contributed by atoms with Crippen LogP contribution < -0.4 is 10.6 Å². The number of unbranched alkanes of at least 4 members (excludes halogenated alkanes) is 1. The van der Waals surface area contributed by atoms with Crippen molar-refractivity contribution in [1.29, 1.82) is 5.26 Å². The van der Waals surface area contributed by atoms with E-state index in [1.807, 2.05) is 31.2 Å². The Bertz CT molecular complexity index is 1370. The SMILES string of the molecule is C=CC(=O)N1CC(F)(F)C[C@H]1C(=O)N[C@H]1CCC[C@@H](Nc2ncc(C#N)c(/C(=C/CCC)c3ccccc3C)n2)C1. The van der Waals surface area contributed by atoms with Gasteiger partial charge in [0, 0.05) is 24.1 Å². The minimum absolute atomic E-state index is 0.0766. The highest BCUT2D eigenvalue weighted by atomic mass is 19.3. The average Bonchev–Trinajstić information content (AvgIpc) is 3.29. The molecule has 216 valence electrons. The van der Waals surface area contributed by atoms with Crippen LogP contribution in [0.2, 0.25) is 0 Å². The van der Waals surface area contributed by atoms with Gasteiger partial charge in [-0.3, -0.25) is 9.59 Å². The second-order valence-corrected chi connectivity index (χ2v) is 10.7. The Hall–Kier alpha value is -4.13. The van der Waals surface area contributed by atoms with E-state index in [9.17, 15) is 23.6 Å². The van der Waals surface area contributed by atoms with Crippen molar-refractivity contribution in [3.05, 3.63) is 71.6 Å². The molecule has 4 rings (SSSR count). The van der Waals surface area contributed by atoms with Crippen molar-refractivity contribution in [2.24, 2.45) is 0 Å². The molecule has 1 aliphatic heterocycles. The van der Waals surface area contributed by atoms with E-state index in [0.717, 1.165) is 53.4 Å². The Labute approximate surface area is 239 Å². The highest BCUT2D eigenvalue weighted by Crippen LogP contribution is 2.33. The second kappa shape index (κ2) is 13.0. The number of likely N-dealkylation sites (tertiary alicyclic amines) is 1. The van der Waals surface area contributed by atoms with Gasteiger partial charge >= 0.3 is 0 Å². The second-order valence-electron chi connectivity index (χ2n) is 10.7. The zero-order valence-electron chi connectivity index (χ0n) is 23.5. The predicted molar refractivity (Wildman–Crippen MR) is 153 cm³/mol. The number of nitrogens with one attached hydrogen (secondary N) is 2. The molecular formula is C31H36F2N6O2. The summed E-state index contributed by atoms with van der Waals surface area (Å²) < 4.78 is 28.1. The molecule has 2 aliphatic rings. The molecule has 2 aromatic rings. The summed E-state index contributed by atoms with van der Waals surface area (Å²) in [5, 5.41) is 16.1. The number of benzene rings is 1. The molecule has 10 heteroatoms. The van der Waals surface area contributed by atoms with Crippen LogP contribution in [0.25, 0.3) is 5.57 Å². The Kier molecular flexibility index (Phi) is 9.48. The summed E-state index contributed by atoms with van der Waals surface area (Å²) >= 11 is 0. The molecule has 41 heavy (non-hydrogen) atoms. The summed E-state index contributed by atoms with van der Waals surface area (Å²) in [6, 6.07) is 8.63. The predicted octanol–water partition coefficient (Wildman–Crippen LogP) is 5.15. The van der Waals surface area contributed by atoms with Gasteiger partial charge in [-0.05, 0) is 56.2 Å². The maximum absolute atomic E-state index is 14.1. The largest absolute Gasteiger partial charge is 0.351 e. The molecule has 0 radical (unpaired) electrons. The van der Waals surface area contributed by atoms with E-state index in [2.05, 4.69) is 41.3 Å². The number of nitrogens with zero attached hydrogens (tertiary/aromatic N) is 4. The first-order valence-corrected chi connectivity index (χ1v) is 14.1. The lowest BCUT2D eigenvalue weighted by Crippen LogP contribution is -2.50. The minimum atomic E-state index is -3.12. The Morgan fingerprint density at radius 2 is 2.02 bits per heavy atom. The van der Waals surface area contributed by atoms with Crippen molar-refractivity contribution in [3.63, 3.8) is 0 Å². The minimum Gasteiger partial charge on any atom is -0.351 e. The lowest BCUT2D eigenvalue weighted by Gasteiger charge is -2.32. The van der Waals surface area contributed by atoms with Crippen LogP contribution in [0.3, 0.4) is 0 Å². The number of carbonyl (C=O) groups is 2. The highest BCUT2D eigenvalue weighted by molar-refractivity contribution is 5.93. The van der Waals surface area contributed by atoms with Crippen molar-refractivity contribution in [3.8, 4) is 6.07 Å². The number of rotatable bonds is 9. The lowest BCUT2D eigenvalue weighted by molar-refractivity contribution is -0.135. The first-order valence-electron chi connectivity index (χ1n) is 14.1. The summed E-state index contributed by atoms with van der Waals surface area (Å²) in [4.78, 5) is 35.1. The van der Waals surface area contributed by atoms with Gasteiger partial charge in [0.2, 0.25) is 17.8 Å². The van der Waals surface area contributed by atoms with Gasteiger partial charge in [0.15, 0.2) is 0 Å². The summed E-state index contributed by atoms with van der Waals surface area (Å²) in [5.74, 6) is -4.00. The maximum Gasteiger partial charge on any atom is 0.267 e. The smallest absolute Gasteiger partial charge is 0.267 e. The van der Waals surface area contributed by atoms with Gasteiger partial charge in [0.05, 0.1) is 24.0 Å². The molecule has 2 amide bonds. The number of halogens is 2. The first-order chi connectivity index (χ1) is 19.7. The number of aromatic nitrogens is 2. The molecule has 0 spiro atoms. The fraction of sp³-hybridized carbons (Fsp3) is 0.452. The monoisotopic (exact) mass is 562 g/mol. The normalized spacial score (nSPS) is 22.1. The van der Waals surface area contributed by atoms with E-state index in [-0.39, 0.29) is 12.1 Å². The van der Waals surface area contributed by atoms with Crippen LogP contribution in [0, 0.1) is 18.3 Å². The Balaban J connectivity index is 1.50. The van der Waals surface area contributed by atoms with Crippen molar-refractivity contribution in [1.82, 2.24) is 20.2 Å². The summed E-state index contributed by atoms with van der Waals surface area (Å²) in [7, 11) is 0. The lowest BCUT2D eigenvalue weighted by atomic mass is 9.90. The maximum atomic E-state index is 14.1. The number of allylic oxidation sites excluding steroid dienone is 1. The third kappa shape index (κ3) is 7.15. The van der Waals surface area contributed by atoms with E-state index in [4.69, 9.17) is 4.98 Å². The van der Waals surface area contributed by atoms with Gasteiger partial charge in [-0.25, -0.2) is 18.7 Å². The number of hydrogen-bond acceptors (Lipinski definition) is 6. The van der Waals surface area contributed by atoms with Gasteiger partial charge in [-0.1, -0.05) is 50.3 Å². The molecule has 2 N–H and O–H groups in total. The first kappa shape index (κ1) is 29.8. The van der Waals surface area contributed by atoms with Crippen LogP contribution in [0.1, 0.15) is 74.3 Å². The molecule has 0 bridgehead atoms. The topological polar surface area (TPSA) is 111 Å². The fourth-order valence-corrected chi connectivity index (χ4v) is 5.57. The number of hydrogen-bond donors (Lipinski definition) is 2. The van der Waals surface area contributed by atoms with Gasteiger partial charge in [0.25, 0.3) is 5.92 Å². The van der Waals surface area contributed by atoms with Crippen LogP contribution >= 0.6 is 0 Å². The van der Waals surface area contributed by atoms with E-state index in [1.54, 1.807) is 0 Å². The number of amides is 2. The van der Waals surface area contributed by atoms with Gasteiger partial charge in [-0.15, -0.1) is 0 Å². The number of alkyl halides is 2. The molecule has 1 aromatic heterocycles. The van der Waals surface area contributed by atoms with Gasteiger partial charge in [-0.2, -0.15) is 5.26 Å². The Morgan fingerprint density at radius 3 is 2.73 bits per heavy atom. The van der Waals surface area contributed by atoms with Crippen LogP contribution in [0.4, 0.5) is 14.7 Å². The van der Waals surface area contributed by atoms with Gasteiger partial charge in [0.1, 0.15) is 12.1 Å². The highest BCUT2D eigenvalue weighted by Gasteiger charge is 2.49. The molecule has 1 saturated carbocycles.